The molecule has 168 valence electrons. The van der Waals surface area contributed by atoms with E-state index in [2.05, 4.69) is 4.72 Å². The lowest BCUT2D eigenvalue weighted by Gasteiger charge is -2.30. The molecule has 0 unspecified atom stereocenters. The minimum atomic E-state index is -3.36. The lowest BCUT2D eigenvalue weighted by molar-refractivity contribution is 0.0218. The summed E-state index contributed by atoms with van der Waals surface area (Å²) in [7, 11) is -3.36. The van der Waals surface area contributed by atoms with E-state index < -0.39 is 21.7 Å². The molecule has 2 fully saturated rings. The zero-order valence-electron chi connectivity index (χ0n) is 18.1. The van der Waals surface area contributed by atoms with Crippen LogP contribution in [0, 0.1) is 0 Å². The molecule has 0 radical (unpaired) electrons. The molecular weight excluding hydrogens is 434 g/mol. The third-order valence-corrected chi connectivity index (χ3v) is 8.36. The number of amides is 1. The van der Waals surface area contributed by atoms with Gasteiger partial charge in [-0.1, -0.05) is 30.3 Å². The van der Waals surface area contributed by atoms with Crippen LogP contribution >= 0.6 is 11.3 Å². The number of sulfonamides is 1. The maximum Gasteiger partial charge on any atom is 0.410 e. The van der Waals surface area contributed by atoms with Crippen molar-refractivity contribution in [2.45, 2.75) is 69.4 Å². The second kappa shape index (κ2) is 8.52. The molecule has 1 aliphatic heterocycles. The van der Waals surface area contributed by atoms with Crippen LogP contribution in [-0.2, 0) is 21.2 Å². The number of nitrogens with zero attached hydrogens (tertiary/aromatic N) is 2. The van der Waals surface area contributed by atoms with Gasteiger partial charge in [-0.3, -0.25) is 0 Å². The fourth-order valence-electron chi connectivity index (χ4n) is 3.80. The second-order valence-electron chi connectivity index (χ2n) is 9.21. The van der Waals surface area contributed by atoms with E-state index in [1.165, 1.54) is 0 Å². The molecule has 31 heavy (non-hydrogen) atoms. The van der Waals surface area contributed by atoms with E-state index in [0.717, 1.165) is 16.3 Å². The second-order valence-corrected chi connectivity index (χ2v) is 12.1. The average Bonchev–Trinajstić information content (AvgIpc) is 3.36. The minimum Gasteiger partial charge on any atom is -0.444 e. The monoisotopic (exact) mass is 463 g/mol. The van der Waals surface area contributed by atoms with Crippen LogP contribution in [0.3, 0.4) is 0 Å². The van der Waals surface area contributed by atoms with E-state index >= 15 is 0 Å². The summed E-state index contributed by atoms with van der Waals surface area (Å²) in [4.78, 5) is 19.3. The van der Waals surface area contributed by atoms with Gasteiger partial charge >= 0.3 is 6.09 Å². The minimum absolute atomic E-state index is 0.298. The van der Waals surface area contributed by atoms with Gasteiger partial charge in [0.2, 0.25) is 10.0 Å². The summed E-state index contributed by atoms with van der Waals surface area (Å²) < 4.78 is 33.6. The summed E-state index contributed by atoms with van der Waals surface area (Å²) in [5.41, 5.74) is 1.27. The van der Waals surface area contributed by atoms with Crippen LogP contribution < -0.4 is 4.72 Å². The number of likely N-dealkylation sites (tertiary alicyclic amines) is 1. The maximum absolute atomic E-state index is 12.9. The molecule has 1 saturated carbocycles. The first-order chi connectivity index (χ1) is 14.6. The number of carbonyl (C=O) groups excluding carboxylic acids is 1. The molecule has 2 aliphatic rings. The highest BCUT2D eigenvalue weighted by atomic mass is 32.2. The fraction of sp³-hybridized carbons (Fsp3) is 0.545. The summed E-state index contributed by atoms with van der Waals surface area (Å²) in [6, 6.07) is 9.25. The van der Waals surface area contributed by atoms with Crippen LogP contribution in [-0.4, -0.2) is 53.9 Å². The van der Waals surface area contributed by atoms with Crippen molar-refractivity contribution in [1.29, 1.82) is 0 Å². The van der Waals surface area contributed by atoms with E-state index in [0.29, 0.717) is 32.2 Å². The Hall–Kier alpha value is -1.97. The van der Waals surface area contributed by atoms with Gasteiger partial charge in [0, 0.05) is 30.0 Å². The first-order valence-corrected chi connectivity index (χ1v) is 13.1. The molecule has 2 aromatic rings. The molecule has 1 aliphatic carbocycles. The Morgan fingerprint density at radius 1 is 1.23 bits per heavy atom. The highest BCUT2D eigenvalue weighted by Gasteiger charge is 2.44. The van der Waals surface area contributed by atoms with Gasteiger partial charge in [0.1, 0.15) is 10.6 Å². The van der Waals surface area contributed by atoms with Crippen molar-refractivity contribution >= 4 is 27.5 Å². The van der Waals surface area contributed by atoms with Gasteiger partial charge in [0.15, 0.2) is 0 Å². The Balaban J connectivity index is 1.55. The van der Waals surface area contributed by atoms with Crippen molar-refractivity contribution < 1.29 is 17.9 Å². The molecule has 0 spiro atoms. The number of hydrogen-bond acceptors (Lipinski definition) is 6. The number of carbonyl (C=O) groups is 1. The van der Waals surface area contributed by atoms with E-state index in [9.17, 15) is 13.2 Å². The Bertz CT molecular complexity index is 1030. The van der Waals surface area contributed by atoms with Crippen molar-refractivity contribution in [2.75, 3.05) is 6.54 Å². The topological polar surface area (TPSA) is 88.6 Å². The van der Waals surface area contributed by atoms with E-state index in [1.807, 2.05) is 56.5 Å². The third-order valence-electron chi connectivity index (χ3n) is 5.44. The summed E-state index contributed by atoms with van der Waals surface area (Å²) >= 11 is 1.55. The molecule has 1 aromatic heterocycles. The molecule has 2 heterocycles. The molecule has 1 amide bonds. The SMILES string of the molecule is CC(C)(C)OC(=O)N1CC[C@H](NS(=O)(=O)C2CC2)[C@@H]1Cc1csc(-c2ccccc2)n1. The lowest BCUT2D eigenvalue weighted by atomic mass is 10.1. The quantitative estimate of drug-likeness (QED) is 0.704. The Kier molecular flexibility index (Phi) is 6.11. The molecule has 9 heteroatoms. The summed E-state index contributed by atoms with van der Waals surface area (Å²) in [6.45, 7) is 5.94. The Morgan fingerprint density at radius 3 is 2.58 bits per heavy atom. The molecule has 1 N–H and O–H groups in total. The molecule has 4 rings (SSSR count). The highest BCUT2D eigenvalue weighted by Crippen LogP contribution is 2.31. The summed E-state index contributed by atoms with van der Waals surface area (Å²) in [5, 5.41) is 2.60. The van der Waals surface area contributed by atoms with E-state index in [1.54, 1.807) is 16.2 Å². The molecule has 0 bridgehead atoms. The zero-order chi connectivity index (χ0) is 22.2. The standard InChI is InChI=1S/C22H29N3O4S2/c1-22(2,3)29-21(26)25-12-11-18(24-31(27,28)17-9-10-17)19(25)13-16-14-30-20(23-16)15-7-5-4-6-8-15/h4-8,14,17-19,24H,9-13H2,1-3H3/t18-,19-/m0/s1. The predicted octanol–water partition coefficient (Wildman–Crippen LogP) is 3.81. The lowest BCUT2D eigenvalue weighted by Crippen LogP contribution is -2.49. The van der Waals surface area contributed by atoms with Crippen LogP contribution in [0.2, 0.25) is 0 Å². The molecule has 7 nitrogen and oxygen atoms in total. The van der Waals surface area contributed by atoms with Gasteiger partial charge in [-0.15, -0.1) is 11.3 Å². The van der Waals surface area contributed by atoms with Gasteiger partial charge in [0.05, 0.1) is 17.0 Å². The van der Waals surface area contributed by atoms with Crippen molar-refractivity contribution in [3.63, 3.8) is 0 Å². The van der Waals surface area contributed by atoms with Gasteiger partial charge in [-0.25, -0.2) is 22.9 Å². The largest absolute Gasteiger partial charge is 0.444 e. The Labute approximate surface area is 187 Å². The third kappa shape index (κ3) is 5.45. The van der Waals surface area contributed by atoms with Crippen molar-refractivity contribution in [2.24, 2.45) is 0 Å². The smallest absolute Gasteiger partial charge is 0.410 e. The maximum atomic E-state index is 12.9. The van der Waals surface area contributed by atoms with E-state index in [4.69, 9.17) is 9.72 Å². The number of nitrogens with one attached hydrogen (secondary N) is 1. The number of hydrogen-bond donors (Lipinski definition) is 1. The van der Waals surface area contributed by atoms with Crippen LogP contribution in [0.5, 0.6) is 0 Å². The predicted molar refractivity (Wildman–Crippen MR) is 121 cm³/mol. The van der Waals surface area contributed by atoms with Gasteiger partial charge < -0.3 is 9.64 Å². The van der Waals surface area contributed by atoms with Gasteiger partial charge in [-0.2, -0.15) is 0 Å². The highest BCUT2D eigenvalue weighted by molar-refractivity contribution is 7.90. The van der Waals surface area contributed by atoms with Gasteiger partial charge in [-0.05, 0) is 40.0 Å². The molecule has 1 aromatic carbocycles. The normalized spacial score (nSPS) is 22.0. The number of thiazole rings is 1. The van der Waals surface area contributed by atoms with Crippen molar-refractivity contribution in [3.8, 4) is 10.6 Å². The number of benzene rings is 1. The van der Waals surface area contributed by atoms with Gasteiger partial charge in [0.25, 0.3) is 0 Å². The average molecular weight is 464 g/mol. The zero-order valence-corrected chi connectivity index (χ0v) is 19.7. The summed E-state index contributed by atoms with van der Waals surface area (Å²) in [6.07, 6.45) is 2.03. The number of rotatable bonds is 6. The number of aromatic nitrogens is 1. The van der Waals surface area contributed by atoms with Crippen molar-refractivity contribution in [1.82, 2.24) is 14.6 Å². The molecule has 1 saturated heterocycles. The summed E-state index contributed by atoms with van der Waals surface area (Å²) in [5.74, 6) is 0. The first kappa shape index (κ1) is 22.2. The van der Waals surface area contributed by atoms with Crippen LogP contribution in [0.15, 0.2) is 35.7 Å². The Morgan fingerprint density at radius 2 is 1.94 bits per heavy atom. The van der Waals surface area contributed by atoms with Crippen LogP contribution in [0.1, 0.15) is 45.7 Å². The van der Waals surface area contributed by atoms with Crippen molar-refractivity contribution in [3.05, 3.63) is 41.4 Å². The van der Waals surface area contributed by atoms with E-state index in [-0.39, 0.29) is 17.3 Å². The first-order valence-electron chi connectivity index (χ1n) is 10.6. The molecular formula is C22H29N3O4S2. The fourth-order valence-corrected chi connectivity index (χ4v) is 6.29. The molecule has 2 atom stereocenters. The number of ether oxygens (including phenoxy) is 1. The van der Waals surface area contributed by atoms with Crippen LogP contribution in [0.4, 0.5) is 4.79 Å². The van der Waals surface area contributed by atoms with Crippen LogP contribution in [0.25, 0.3) is 10.6 Å².